The third-order valence-corrected chi connectivity index (χ3v) is 2.96. The Morgan fingerprint density at radius 3 is 2.33 bits per heavy atom. The molecule has 1 aromatic rings. The van der Waals surface area contributed by atoms with E-state index in [1.54, 1.807) is 6.07 Å². The molecular weight excluding hydrogens is 192 g/mol. The van der Waals surface area contributed by atoms with Crippen LogP contribution in [-0.2, 0) is 4.79 Å². The Hall–Kier alpha value is -1.35. The van der Waals surface area contributed by atoms with Crippen molar-refractivity contribution in [3.05, 3.63) is 34.4 Å². The van der Waals surface area contributed by atoms with Crippen molar-refractivity contribution in [3.8, 4) is 0 Å². The van der Waals surface area contributed by atoms with Crippen LogP contribution in [-0.4, -0.2) is 22.8 Å². The van der Waals surface area contributed by atoms with Gasteiger partial charge in [0.25, 0.3) is 0 Å². The van der Waals surface area contributed by atoms with Gasteiger partial charge in [0.2, 0.25) is 0 Å². The zero-order chi connectivity index (χ0) is 11.6. The molecule has 0 saturated heterocycles. The summed E-state index contributed by atoms with van der Waals surface area (Å²) >= 11 is 0. The Labute approximate surface area is 89.4 Å². The summed E-state index contributed by atoms with van der Waals surface area (Å²) in [5.41, 5.74) is 3.88. The Morgan fingerprint density at radius 2 is 1.87 bits per heavy atom. The molecule has 82 valence electrons. The summed E-state index contributed by atoms with van der Waals surface area (Å²) < 4.78 is 0. The fraction of sp³-hybridized carbons (Fsp3) is 0.417. The molecule has 1 unspecified atom stereocenters. The highest BCUT2D eigenvalue weighted by atomic mass is 16.4. The van der Waals surface area contributed by atoms with Crippen LogP contribution < -0.4 is 0 Å². The van der Waals surface area contributed by atoms with Gasteiger partial charge in [0.05, 0.1) is 6.61 Å². The van der Waals surface area contributed by atoms with Crippen molar-refractivity contribution in [1.29, 1.82) is 0 Å². The summed E-state index contributed by atoms with van der Waals surface area (Å²) in [5, 5.41) is 18.0. The lowest BCUT2D eigenvalue weighted by Crippen LogP contribution is -2.17. The number of hydrogen-bond acceptors (Lipinski definition) is 2. The maximum Gasteiger partial charge on any atom is 0.313 e. The molecule has 0 saturated carbocycles. The molecule has 0 spiro atoms. The van der Waals surface area contributed by atoms with E-state index in [4.69, 9.17) is 10.2 Å². The molecule has 0 aliphatic heterocycles. The molecular formula is C12H16O3. The van der Waals surface area contributed by atoms with Gasteiger partial charge in [0.15, 0.2) is 0 Å². The average molecular weight is 208 g/mol. The molecule has 1 atom stereocenters. The topological polar surface area (TPSA) is 57.5 Å². The second kappa shape index (κ2) is 4.45. The van der Waals surface area contributed by atoms with E-state index >= 15 is 0 Å². The normalized spacial score (nSPS) is 12.5. The van der Waals surface area contributed by atoms with E-state index in [9.17, 15) is 4.79 Å². The van der Waals surface area contributed by atoms with Gasteiger partial charge < -0.3 is 10.2 Å². The summed E-state index contributed by atoms with van der Waals surface area (Å²) in [6, 6.07) is 3.68. The molecule has 0 amide bonds. The Kier molecular flexibility index (Phi) is 3.48. The monoisotopic (exact) mass is 208 g/mol. The zero-order valence-corrected chi connectivity index (χ0v) is 9.24. The van der Waals surface area contributed by atoms with E-state index in [1.807, 2.05) is 26.8 Å². The van der Waals surface area contributed by atoms with Gasteiger partial charge in [0, 0.05) is 0 Å². The first-order valence-electron chi connectivity index (χ1n) is 4.89. The van der Waals surface area contributed by atoms with E-state index in [2.05, 4.69) is 0 Å². The highest BCUT2D eigenvalue weighted by Crippen LogP contribution is 2.24. The van der Waals surface area contributed by atoms with Crippen molar-refractivity contribution in [3.63, 3.8) is 0 Å². The third kappa shape index (κ3) is 2.18. The number of carbonyl (C=O) groups is 1. The molecule has 0 heterocycles. The molecule has 0 aromatic heterocycles. The van der Waals surface area contributed by atoms with Crippen LogP contribution in [0.1, 0.15) is 28.2 Å². The van der Waals surface area contributed by atoms with E-state index < -0.39 is 11.9 Å². The lowest BCUT2D eigenvalue weighted by Gasteiger charge is -2.15. The maximum atomic E-state index is 10.9. The first-order chi connectivity index (χ1) is 6.99. The first-order valence-corrected chi connectivity index (χ1v) is 4.89. The van der Waals surface area contributed by atoms with Gasteiger partial charge >= 0.3 is 5.97 Å². The molecule has 1 aromatic carbocycles. The van der Waals surface area contributed by atoms with Crippen molar-refractivity contribution >= 4 is 5.97 Å². The number of aliphatic hydroxyl groups is 1. The van der Waals surface area contributed by atoms with Crippen LogP contribution in [0.2, 0.25) is 0 Å². The molecule has 0 fully saturated rings. The largest absolute Gasteiger partial charge is 0.481 e. The number of aliphatic hydroxyl groups excluding tert-OH is 1. The van der Waals surface area contributed by atoms with Gasteiger partial charge in [0.1, 0.15) is 5.92 Å². The number of hydrogen-bond donors (Lipinski definition) is 2. The van der Waals surface area contributed by atoms with E-state index in [0.29, 0.717) is 5.56 Å². The second-order valence-corrected chi connectivity index (χ2v) is 3.80. The van der Waals surface area contributed by atoms with Crippen molar-refractivity contribution in [2.45, 2.75) is 26.7 Å². The first kappa shape index (κ1) is 11.7. The SMILES string of the molecule is Cc1ccc(C(CO)C(=O)O)c(C)c1C. The predicted molar refractivity (Wildman–Crippen MR) is 58.1 cm³/mol. The van der Waals surface area contributed by atoms with Crippen LogP contribution in [0.3, 0.4) is 0 Å². The minimum atomic E-state index is -0.983. The van der Waals surface area contributed by atoms with Gasteiger partial charge in [-0.2, -0.15) is 0 Å². The number of carboxylic acids is 1. The summed E-state index contributed by atoms with van der Waals surface area (Å²) in [7, 11) is 0. The van der Waals surface area contributed by atoms with Gasteiger partial charge in [-0.25, -0.2) is 0 Å². The Morgan fingerprint density at radius 1 is 1.27 bits per heavy atom. The molecule has 3 heteroatoms. The van der Waals surface area contributed by atoms with Crippen molar-refractivity contribution in [1.82, 2.24) is 0 Å². The second-order valence-electron chi connectivity index (χ2n) is 3.80. The lowest BCUT2D eigenvalue weighted by molar-refractivity contribution is -0.139. The third-order valence-electron chi connectivity index (χ3n) is 2.96. The number of aliphatic carboxylic acids is 1. The summed E-state index contributed by atoms with van der Waals surface area (Å²) in [5.74, 6) is -1.80. The van der Waals surface area contributed by atoms with Crippen LogP contribution in [0.15, 0.2) is 12.1 Å². The highest BCUT2D eigenvalue weighted by Gasteiger charge is 2.21. The summed E-state index contributed by atoms with van der Waals surface area (Å²) in [6.45, 7) is 5.48. The average Bonchev–Trinajstić information content (AvgIpc) is 2.18. The summed E-state index contributed by atoms with van der Waals surface area (Å²) in [4.78, 5) is 10.9. The van der Waals surface area contributed by atoms with Crippen LogP contribution in [0.5, 0.6) is 0 Å². The Bertz CT molecular complexity index is 383. The number of aryl methyl sites for hydroxylation is 1. The fourth-order valence-corrected chi connectivity index (χ4v) is 1.66. The van der Waals surface area contributed by atoms with Crippen molar-refractivity contribution < 1.29 is 15.0 Å². The predicted octanol–water partition coefficient (Wildman–Crippen LogP) is 1.77. The number of rotatable bonds is 3. The molecule has 1 rings (SSSR count). The highest BCUT2D eigenvalue weighted by molar-refractivity contribution is 5.77. The van der Waals surface area contributed by atoms with Crippen LogP contribution in [0, 0.1) is 20.8 Å². The molecule has 15 heavy (non-hydrogen) atoms. The molecule has 0 aliphatic carbocycles. The van der Waals surface area contributed by atoms with Crippen molar-refractivity contribution in [2.24, 2.45) is 0 Å². The Balaban J connectivity index is 3.25. The smallest absolute Gasteiger partial charge is 0.313 e. The van der Waals surface area contributed by atoms with Crippen LogP contribution in [0.4, 0.5) is 0 Å². The quantitative estimate of drug-likeness (QED) is 0.796. The van der Waals surface area contributed by atoms with Gasteiger partial charge in [-0.15, -0.1) is 0 Å². The molecule has 3 nitrogen and oxygen atoms in total. The van der Waals surface area contributed by atoms with Crippen molar-refractivity contribution in [2.75, 3.05) is 6.61 Å². The molecule has 0 aliphatic rings. The molecule has 0 bridgehead atoms. The van der Waals surface area contributed by atoms with Gasteiger partial charge in [-0.3, -0.25) is 4.79 Å². The number of benzene rings is 1. The summed E-state index contributed by atoms with van der Waals surface area (Å²) in [6.07, 6.45) is 0. The fourth-order valence-electron chi connectivity index (χ4n) is 1.66. The van der Waals surface area contributed by atoms with E-state index in [1.165, 1.54) is 0 Å². The minimum absolute atomic E-state index is 0.362. The van der Waals surface area contributed by atoms with E-state index in [-0.39, 0.29) is 6.61 Å². The van der Waals surface area contributed by atoms with Crippen LogP contribution in [0.25, 0.3) is 0 Å². The zero-order valence-electron chi connectivity index (χ0n) is 9.24. The standard InChI is InChI=1S/C12H16O3/c1-7-4-5-10(9(3)8(7)2)11(6-13)12(14)15/h4-5,11,13H,6H2,1-3H3,(H,14,15). The maximum absolute atomic E-state index is 10.9. The van der Waals surface area contributed by atoms with Crippen LogP contribution >= 0.6 is 0 Å². The lowest BCUT2D eigenvalue weighted by atomic mass is 9.91. The van der Waals surface area contributed by atoms with E-state index in [0.717, 1.165) is 16.7 Å². The van der Waals surface area contributed by atoms with Gasteiger partial charge in [-0.05, 0) is 43.0 Å². The molecule has 2 N–H and O–H groups in total. The number of carboxylic acid groups (broad SMARTS) is 1. The minimum Gasteiger partial charge on any atom is -0.481 e. The molecule has 0 radical (unpaired) electrons. The van der Waals surface area contributed by atoms with Gasteiger partial charge in [-0.1, -0.05) is 12.1 Å².